The van der Waals surface area contributed by atoms with Gasteiger partial charge in [0.15, 0.2) is 0 Å². The van der Waals surface area contributed by atoms with Gasteiger partial charge in [0, 0.05) is 12.6 Å². The Kier molecular flexibility index (Phi) is 3.77. The number of imide groups is 1. The minimum Gasteiger partial charge on any atom is -0.315 e. The van der Waals surface area contributed by atoms with Crippen LogP contribution in [0.25, 0.3) is 0 Å². The van der Waals surface area contributed by atoms with Crippen molar-refractivity contribution in [1.82, 2.24) is 10.2 Å². The maximum atomic E-state index is 12.1. The lowest BCUT2D eigenvalue weighted by Crippen LogP contribution is -2.42. The van der Waals surface area contributed by atoms with Crippen molar-refractivity contribution in [3.8, 4) is 0 Å². The van der Waals surface area contributed by atoms with Crippen LogP contribution in [-0.4, -0.2) is 36.3 Å². The summed E-state index contributed by atoms with van der Waals surface area (Å²) in [5, 5.41) is 3.15. The van der Waals surface area contributed by atoms with Crippen LogP contribution in [0.1, 0.15) is 40.5 Å². The molecule has 1 unspecified atom stereocenters. The molecule has 0 spiro atoms. The summed E-state index contributed by atoms with van der Waals surface area (Å²) in [6.45, 7) is 2.53. The van der Waals surface area contributed by atoms with Gasteiger partial charge in [0.2, 0.25) is 0 Å². The molecule has 4 heteroatoms. The number of nitrogens with zero attached hydrogens (tertiary/aromatic N) is 1. The van der Waals surface area contributed by atoms with Crippen molar-refractivity contribution >= 4 is 11.8 Å². The molecule has 18 heavy (non-hydrogen) atoms. The number of carbonyl (C=O) groups is 2. The first-order valence-corrected chi connectivity index (χ1v) is 6.31. The fourth-order valence-corrected chi connectivity index (χ4v) is 2.30. The van der Waals surface area contributed by atoms with Crippen LogP contribution in [-0.2, 0) is 0 Å². The Morgan fingerprint density at radius 2 is 1.72 bits per heavy atom. The van der Waals surface area contributed by atoms with Gasteiger partial charge < -0.3 is 5.32 Å². The molecule has 0 fully saturated rings. The van der Waals surface area contributed by atoms with Crippen molar-refractivity contribution in [2.24, 2.45) is 0 Å². The van der Waals surface area contributed by atoms with E-state index >= 15 is 0 Å². The van der Waals surface area contributed by atoms with Gasteiger partial charge >= 0.3 is 0 Å². The van der Waals surface area contributed by atoms with Crippen molar-refractivity contribution in [1.29, 1.82) is 0 Å². The lowest BCUT2D eigenvalue weighted by Gasteiger charge is -2.21. The normalized spacial score (nSPS) is 16.0. The van der Waals surface area contributed by atoms with E-state index in [1.165, 1.54) is 4.90 Å². The fourth-order valence-electron chi connectivity index (χ4n) is 2.30. The molecule has 1 N–H and O–H groups in total. The molecule has 0 bridgehead atoms. The van der Waals surface area contributed by atoms with E-state index in [1.54, 1.807) is 24.3 Å². The summed E-state index contributed by atoms with van der Waals surface area (Å²) in [5.74, 6) is -0.348. The highest BCUT2D eigenvalue weighted by atomic mass is 16.2. The SMILES string of the molecule is CCCC(CN1C(=O)c2ccccc2C1=O)NC. The zero-order chi connectivity index (χ0) is 13.1. The van der Waals surface area contributed by atoms with Crippen LogP contribution in [0.15, 0.2) is 24.3 Å². The molecule has 1 aliphatic rings. The standard InChI is InChI=1S/C14H18N2O2/c1-3-6-10(15-2)9-16-13(17)11-7-4-5-8-12(11)14(16)18/h4-5,7-8,10,15H,3,6,9H2,1-2H3. The predicted molar refractivity (Wildman–Crippen MR) is 69.6 cm³/mol. The number of rotatable bonds is 5. The second-order valence-electron chi connectivity index (χ2n) is 4.54. The molecular formula is C14H18N2O2. The lowest BCUT2D eigenvalue weighted by molar-refractivity contribution is 0.0638. The zero-order valence-electron chi connectivity index (χ0n) is 10.8. The number of likely N-dealkylation sites (N-methyl/N-ethyl adjacent to an activating group) is 1. The monoisotopic (exact) mass is 246 g/mol. The van der Waals surface area contributed by atoms with Crippen LogP contribution in [0.3, 0.4) is 0 Å². The molecule has 96 valence electrons. The highest BCUT2D eigenvalue weighted by molar-refractivity contribution is 6.21. The summed E-state index contributed by atoms with van der Waals surface area (Å²) in [7, 11) is 1.86. The van der Waals surface area contributed by atoms with Gasteiger partial charge in [-0.05, 0) is 25.6 Å². The van der Waals surface area contributed by atoms with Crippen molar-refractivity contribution in [2.45, 2.75) is 25.8 Å². The number of amides is 2. The van der Waals surface area contributed by atoms with Crippen molar-refractivity contribution < 1.29 is 9.59 Å². The average Bonchev–Trinajstić information content (AvgIpc) is 2.64. The molecule has 2 rings (SSSR count). The smallest absolute Gasteiger partial charge is 0.261 e. The molecule has 0 radical (unpaired) electrons. The molecule has 1 atom stereocenters. The van der Waals surface area contributed by atoms with E-state index in [0.29, 0.717) is 17.7 Å². The third-order valence-corrected chi connectivity index (χ3v) is 3.33. The van der Waals surface area contributed by atoms with E-state index in [2.05, 4.69) is 12.2 Å². The van der Waals surface area contributed by atoms with Crippen molar-refractivity contribution in [3.05, 3.63) is 35.4 Å². The number of hydrogen-bond acceptors (Lipinski definition) is 3. The first-order valence-electron chi connectivity index (χ1n) is 6.31. The maximum Gasteiger partial charge on any atom is 0.261 e. The minimum atomic E-state index is -0.174. The highest BCUT2D eigenvalue weighted by Gasteiger charge is 2.35. The van der Waals surface area contributed by atoms with Gasteiger partial charge in [-0.2, -0.15) is 0 Å². The van der Waals surface area contributed by atoms with Gasteiger partial charge in [-0.15, -0.1) is 0 Å². The minimum absolute atomic E-state index is 0.164. The molecule has 2 amide bonds. The largest absolute Gasteiger partial charge is 0.315 e. The summed E-state index contributed by atoms with van der Waals surface area (Å²) in [5.41, 5.74) is 1.04. The van der Waals surface area contributed by atoms with E-state index in [9.17, 15) is 9.59 Å². The Balaban J connectivity index is 2.18. The summed E-state index contributed by atoms with van der Waals surface area (Å²) < 4.78 is 0. The third kappa shape index (κ3) is 2.16. The van der Waals surface area contributed by atoms with Gasteiger partial charge in [0.25, 0.3) is 11.8 Å². The number of nitrogens with one attached hydrogen (secondary N) is 1. The van der Waals surface area contributed by atoms with Crippen LogP contribution in [0.2, 0.25) is 0 Å². The van der Waals surface area contributed by atoms with E-state index in [1.807, 2.05) is 7.05 Å². The van der Waals surface area contributed by atoms with E-state index in [0.717, 1.165) is 12.8 Å². The van der Waals surface area contributed by atoms with Gasteiger partial charge in [-0.3, -0.25) is 14.5 Å². The molecule has 1 aromatic carbocycles. The number of fused-ring (bicyclic) bond motifs is 1. The molecule has 0 saturated heterocycles. The first kappa shape index (κ1) is 12.8. The van der Waals surface area contributed by atoms with Crippen LogP contribution in [0, 0.1) is 0 Å². The lowest BCUT2D eigenvalue weighted by atomic mass is 10.1. The summed E-state index contributed by atoms with van der Waals surface area (Å²) in [4.78, 5) is 25.6. The van der Waals surface area contributed by atoms with Crippen LogP contribution < -0.4 is 5.32 Å². The molecule has 0 aromatic heterocycles. The summed E-state index contributed by atoms with van der Waals surface area (Å²) in [6, 6.07) is 7.16. The number of carbonyl (C=O) groups excluding carboxylic acids is 2. The second kappa shape index (κ2) is 5.31. The Bertz CT molecular complexity index is 436. The van der Waals surface area contributed by atoms with Gasteiger partial charge in [0.05, 0.1) is 11.1 Å². The van der Waals surface area contributed by atoms with Gasteiger partial charge in [0.1, 0.15) is 0 Å². The van der Waals surface area contributed by atoms with E-state index in [4.69, 9.17) is 0 Å². The van der Waals surface area contributed by atoms with Gasteiger partial charge in [-0.25, -0.2) is 0 Å². The molecular weight excluding hydrogens is 228 g/mol. The Morgan fingerprint density at radius 1 is 1.17 bits per heavy atom. The van der Waals surface area contributed by atoms with E-state index < -0.39 is 0 Å². The Hall–Kier alpha value is -1.68. The molecule has 1 aliphatic heterocycles. The van der Waals surface area contributed by atoms with Crippen LogP contribution in [0.4, 0.5) is 0 Å². The first-order chi connectivity index (χ1) is 8.69. The molecule has 1 aromatic rings. The summed E-state index contributed by atoms with van der Waals surface area (Å²) in [6.07, 6.45) is 1.97. The van der Waals surface area contributed by atoms with Crippen molar-refractivity contribution in [2.75, 3.05) is 13.6 Å². The number of benzene rings is 1. The predicted octanol–water partition coefficient (Wildman–Crippen LogP) is 1.67. The quantitative estimate of drug-likeness (QED) is 0.804. The molecule has 0 saturated carbocycles. The van der Waals surface area contributed by atoms with E-state index in [-0.39, 0.29) is 17.9 Å². The molecule has 4 nitrogen and oxygen atoms in total. The zero-order valence-corrected chi connectivity index (χ0v) is 10.8. The molecule has 1 heterocycles. The fraction of sp³-hybridized carbons (Fsp3) is 0.429. The Labute approximate surface area is 107 Å². The van der Waals surface area contributed by atoms with Gasteiger partial charge in [-0.1, -0.05) is 25.5 Å². The van der Waals surface area contributed by atoms with Crippen LogP contribution >= 0.6 is 0 Å². The average molecular weight is 246 g/mol. The van der Waals surface area contributed by atoms with Crippen molar-refractivity contribution in [3.63, 3.8) is 0 Å². The van der Waals surface area contributed by atoms with Crippen LogP contribution in [0.5, 0.6) is 0 Å². The topological polar surface area (TPSA) is 49.4 Å². The third-order valence-electron chi connectivity index (χ3n) is 3.33. The number of hydrogen-bond donors (Lipinski definition) is 1. The summed E-state index contributed by atoms with van der Waals surface area (Å²) >= 11 is 0. The molecule has 0 aliphatic carbocycles. The highest BCUT2D eigenvalue weighted by Crippen LogP contribution is 2.22. The second-order valence-corrected chi connectivity index (χ2v) is 4.54. The maximum absolute atomic E-state index is 12.1. The Morgan fingerprint density at radius 3 is 2.17 bits per heavy atom.